The number of ether oxygens (including phenoxy) is 1. The molecule has 1 aromatic rings. The van der Waals surface area contributed by atoms with E-state index in [2.05, 4.69) is 6.07 Å². The molecular weight excluding hydrogens is 234 g/mol. The summed E-state index contributed by atoms with van der Waals surface area (Å²) in [6.45, 7) is 4.08. The van der Waals surface area contributed by atoms with Crippen molar-refractivity contribution < 1.29 is 8.95 Å². The van der Waals surface area contributed by atoms with Gasteiger partial charge in [0.15, 0.2) is 0 Å². The van der Waals surface area contributed by atoms with Crippen molar-refractivity contribution in [3.8, 4) is 11.8 Å². The van der Waals surface area contributed by atoms with Gasteiger partial charge in [-0.05, 0) is 24.1 Å². The summed E-state index contributed by atoms with van der Waals surface area (Å²) in [6, 6.07) is 7.28. The molecule has 0 aromatic heterocycles. The largest absolute Gasteiger partial charge is 0.496 e. The van der Waals surface area contributed by atoms with Gasteiger partial charge in [-0.1, -0.05) is 13.8 Å². The molecule has 0 heterocycles. The van der Waals surface area contributed by atoms with E-state index in [1.54, 1.807) is 25.3 Å². The van der Waals surface area contributed by atoms with Crippen LogP contribution < -0.4 is 4.74 Å². The van der Waals surface area contributed by atoms with Gasteiger partial charge in [-0.25, -0.2) is 0 Å². The SMILES string of the molecule is COc1ccc(C#N)cc1CS(=O)CC(C)C. The summed E-state index contributed by atoms with van der Waals surface area (Å²) in [7, 11) is 0.667. The first-order chi connectivity index (χ1) is 8.06. The molecule has 0 N–H and O–H groups in total. The fraction of sp³-hybridized carbons (Fsp3) is 0.462. The predicted octanol–water partition coefficient (Wildman–Crippen LogP) is 2.47. The number of benzene rings is 1. The Bertz CT molecular complexity index is 449. The summed E-state index contributed by atoms with van der Waals surface area (Å²) in [5.41, 5.74) is 1.41. The molecule has 1 unspecified atom stereocenters. The molecule has 3 nitrogen and oxygen atoms in total. The molecule has 0 saturated carbocycles. The molecule has 0 bridgehead atoms. The summed E-state index contributed by atoms with van der Waals surface area (Å²) in [5.74, 6) is 2.21. The number of methoxy groups -OCH3 is 1. The van der Waals surface area contributed by atoms with Gasteiger partial charge in [-0.15, -0.1) is 0 Å². The molecule has 0 aliphatic heterocycles. The molecule has 0 radical (unpaired) electrons. The minimum absolute atomic E-state index is 0.404. The van der Waals surface area contributed by atoms with E-state index < -0.39 is 10.8 Å². The maximum Gasteiger partial charge on any atom is 0.123 e. The van der Waals surface area contributed by atoms with E-state index in [-0.39, 0.29) is 0 Å². The van der Waals surface area contributed by atoms with Crippen molar-refractivity contribution in [1.82, 2.24) is 0 Å². The van der Waals surface area contributed by atoms with E-state index in [9.17, 15) is 4.21 Å². The van der Waals surface area contributed by atoms with Crippen LogP contribution in [0.15, 0.2) is 18.2 Å². The minimum atomic E-state index is -0.913. The molecule has 4 heteroatoms. The van der Waals surface area contributed by atoms with Gasteiger partial charge in [0, 0.05) is 22.1 Å². The fourth-order valence-corrected chi connectivity index (χ4v) is 3.00. The summed E-state index contributed by atoms with van der Waals surface area (Å²) in [6.07, 6.45) is 0. The van der Waals surface area contributed by atoms with Crippen LogP contribution in [0.2, 0.25) is 0 Å². The van der Waals surface area contributed by atoms with E-state index in [4.69, 9.17) is 10.00 Å². The highest BCUT2D eigenvalue weighted by Gasteiger charge is 2.10. The second-order valence-corrected chi connectivity index (χ2v) is 5.78. The average molecular weight is 251 g/mol. The molecule has 1 rings (SSSR count). The third kappa shape index (κ3) is 4.20. The zero-order valence-corrected chi connectivity index (χ0v) is 11.2. The smallest absolute Gasteiger partial charge is 0.123 e. The van der Waals surface area contributed by atoms with Crippen molar-refractivity contribution in [3.05, 3.63) is 29.3 Å². The first-order valence-corrected chi connectivity index (χ1v) is 6.97. The summed E-state index contributed by atoms with van der Waals surface area (Å²) in [4.78, 5) is 0. The van der Waals surface area contributed by atoms with Crippen molar-refractivity contribution in [3.63, 3.8) is 0 Å². The second-order valence-electron chi connectivity index (χ2n) is 4.28. The number of hydrogen-bond donors (Lipinski definition) is 0. The Morgan fingerprint density at radius 2 is 2.18 bits per heavy atom. The maximum atomic E-state index is 11.9. The zero-order chi connectivity index (χ0) is 12.8. The van der Waals surface area contributed by atoms with Gasteiger partial charge in [0.25, 0.3) is 0 Å². The van der Waals surface area contributed by atoms with Gasteiger partial charge in [0.05, 0.1) is 24.5 Å². The van der Waals surface area contributed by atoms with Crippen LogP contribution in [0, 0.1) is 17.2 Å². The predicted molar refractivity (Wildman–Crippen MR) is 69.3 cm³/mol. The molecule has 0 spiro atoms. The summed E-state index contributed by atoms with van der Waals surface area (Å²) < 4.78 is 17.1. The Hall–Kier alpha value is -1.34. The third-order valence-electron chi connectivity index (χ3n) is 2.25. The highest BCUT2D eigenvalue weighted by Crippen LogP contribution is 2.21. The third-order valence-corrected chi connectivity index (χ3v) is 3.92. The average Bonchev–Trinajstić information content (AvgIpc) is 2.27. The quantitative estimate of drug-likeness (QED) is 0.807. The van der Waals surface area contributed by atoms with Crippen molar-refractivity contribution in [2.24, 2.45) is 5.92 Å². The lowest BCUT2D eigenvalue weighted by Crippen LogP contribution is -2.07. The Morgan fingerprint density at radius 1 is 1.47 bits per heavy atom. The highest BCUT2D eigenvalue weighted by molar-refractivity contribution is 7.84. The molecule has 0 aliphatic rings. The molecule has 92 valence electrons. The lowest BCUT2D eigenvalue weighted by molar-refractivity contribution is 0.411. The van der Waals surface area contributed by atoms with E-state index in [0.29, 0.717) is 28.7 Å². The first-order valence-electron chi connectivity index (χ1n) is 5.48. The van der Waals surface area contributed by atoms with Gasteiger partial charge in [-0.2, -0.15) is 5.26 Å². The molecular formula is C13H17NO2S. The lowest BCUT2D eigenvalue weighted by Gasteiger charge is -2.09. The van der Waals surface area contributed by atoms with E-state index >= 15 is 0 Å². The van der Waals surface area contributed by atoms with Crippen LogP contribution in [0.4, 0.5) is 0 Å². The van der Waals surface area contributed by atoms with Crippen LogP contribution in [0.5, 0.6) is 5.75 Å². The van der Waals surface area contributed by atoms with E-state index in [1.807, 2.05) is 13.8 Å². The molecule has 0 aliphatic carbocycles. The van der Waals surface area contributed by atoms with Crippen molar-refractivity contribution in [2.75, 3.05) is 12.9 Å². The van der Waals surface area contributed by atoms with Crippen LogP contribution in [0.3, 0.4) is 0 Å². The Morgan fingerprint density at radius 3 is 2.71 bits per heavy atom. The van der Waals surface area contributed by atoms with Crippen LogP contribution in [0.1, 0.15) is 25.0 Å². The van der Waals surface area contributed by atoms with Gasteiger partial charge in [0.1, 0.15) is 5.75 Å². The van der Waals surface area contributed by atoms with E-state index in [0.717, 1.165) is 5.56 Å². The minimum Gasteiger partial charge on any atom is -0.496 e. The van der Waals surface area contributed by atoms with Crippen LogP contribution in [-0.2, 0) is 16.6 Å². The fourth-order valence-electron chi connectivity index (χ4n) is 1.57. The molecule has 0 fully saturated rings. The summed E-state index contributed by atoms with van der Waals surface area (Å²) >= 11 is 0. The Labute approximate surface area is 105 Å². The van der Waals surface area contributed by atoms with Crippen molar-refractivity contribution in [1.29, 1.82) is 5.26 Å². The molecule has 1 aromatic carbocycles. The Kier molecular flexibility index (Phi) is 5.17. The second kappa shape index (κ2) is 6.41. The normalized spacial score (nSPS) is 12.2. The standard InChI is InChI=1S/C13H17NO2S/c1-10(2)8-17(15)9-12-6-11(7-14)4-5-13(12)16-3/h4-6,10H,8-9H2,1-3H3. The van der Waals surface area contributed by atoms with Crippen LogP contribution in [-0.4, -0.2) is 17.1 Å². The highest BCUT2D eigenvalue weighted by atomic mass is 32.2. The zero-order valence-electron chi connectivity index (χ0n) is 10.4. The van der Waals surface area contributed by atoms with Crippen molar-refractivity contribution in [2.45, 2.75) is 19.6 Å². The Balaban J connectivity index is 2.88. The van der Waals surface area contributed by atoms with Gasteiger partial charge >= 0.3 is 0 Å². The van der Waals surface area contributed by atoms with Crippen molar-refractivity contribution >= 4 is 10.8 Å². The molecule has 1 atom stereocenters. The molecule has 17 heavy (non-hydrogen) atoms. The monoisotopic (exact) mass is 251 g/mol. The van der Waals surface area contributed by atoms with Crippen LogP contribution >= 0.6 is 0 Å². The van der Waals surface area contributed by atoms with E-state index in [1.165, 1.54) is 0 Å². The van der Waals surface area contributed by atoms with Gasteiger partial charge in [0.2, 0.25) is 0 Å². The maximum absolute atomic E-state index is 11.9. The lowest BCUT2D eigenvalue weighted by atomic mass is 10.1. The topological polar surface area (TPSA) is 50.1 Å². The summed E-state index contributed by atoms with van der Waals surface area (Å²) in [5, 5.41) is 8.84. The molecule has 0 amide bonds. The van der Waals surface area contributed by atoms with Gasteiger partial charge < -0.3 is 4.74 Å². The number of hydrogen-bond acceptors (Lipinski definition) is 3. The van der Waals surface area contributed by atoms with Gasteiger partial charge in [-0.3, -0.25) is 4.21 Å². The molecule has 0 saturated heterocycles. The number of nitriles is 1. The van der Waals surface area contributed by atoms with Crippen LogP contribution in [0.25, 0.3) is 0 Å². The number of rotatable bonds is 5. The number of nitrogens with zero attached hydrogens (tertiary/aromatic N) is 1. The first kappa shape index (κ1) is 13.7.